The van der Waals surface area contributed by atoms with Gasteiger partial charge in [-0.1, -0.05) is 6.07 Å². The minimum Gasteiger partial charge on any atom is -0.454 e. The molecular formula is C17H24N2O5. The van der Waals surface area contributed by atoms with Crippen LogP contribution in [0.4, 0.5) is 0 Å². The molecule has 7 nitrogen and oxygen atoms in total. The molecule has 2 rings (SSSR count). The molecule has 1 aromatic rings. The number of rotatable bonds is 9. The zero-order chi connectivity index (χ0) is 17.4. The van der Waals surface area contributed by atoms with Crippen LogP contribution in [-0.2, 0) is 20.9 Å². The van der Waals surface area contributed by atoms with Gasteiger partial charge in [-0.2, -0.15) is 0 Å². The Bertz CT molecular complexity index is 576. The Morgan fingerprint density at radius 1 is 1.29 bits per heavy atom. The summed E-state index contributed by atoms with van der Waals surface area (Å²) in [6, 6.07) is 5.59. The maximum absolute atomic E-state index is 11.8. The minimum absolute atomic E-state index is 0.0666. The number of methoxy groups -OCH3 is 1. The maximum Gasteiger partial charge on any atom is 0.231 e. The standard InChI is InChI=1S/C17H24N2O5/c1-13(20)19(8-6-17(21)18-7-3-9-22-2)11-14-4-5-15-16(10-14)24-12-23-15/h4-5,10H,3,6-9,11-12H2,1-2H3,(H,18,21). The Kier molecular flexibility index (Phi) is 6.87. The van der Waals surface area contributed by atoms with Crippen molar-refractivity contribution in [3.63, 3.8) is 0 Å². The lowest BCUT2D eigenvalue weighted by Crippen LogP contribution is -2.34. The van der Waals surface area contributed by atoms with Crippen molar-refractivity contribution in [2.24, 2.45) is 0 Å². The molecule has 0 radical (unpaired) electrons. The third-order valence-corrected chi connectivity index (χ3v) is 3.71. The zero-order valence-corrected chi connectivity index (χ0v) is 14.2. The number of carbonyl (C=O) groups excluding carboxylic acids is 2. The van der Waals surface area contributed by atoms with Gasteiger partial charge in [-0.25, -0.2) is 0 Å². The van der Waals surface area contributed by atoms with Crippen LogP contribution in [0.15, 0.2) is 18.2 Å². The molecule has 132 valence electrons. The normalized spacial score (nSPS) is 12.1. The first kappa shape index (κ1) is 18.1. The van der Waals surface area contributed by atoms with Crippen molar-refractivity contribution in [3.05, 3.63) is 23.8 Å². The lowest BCUT2D eigenvalue weighted by Gasteiger charge is -2.21. The van der Waals surface area contributed by atoms with Crippen molar-refractivity contribution in [2.45, 2.75) is 26.3 Å². The topological polar surface area (TPSA) is 77.1 Å². The number of carbonyl (C=O) groups is 2. The summed E-state index contributed by atoms with van der Waals surface area (Å²) in [5, 5.41) is 2.82. The van der Waals surface area contributed by atoms with Crippen molar-refractivity contribution in [1.29, 1.82) is 0 Å². The highest BCUT2D eigenvalue weighted by atomic mass is 16.7. The highest BCUT2D eigenvalue weighted by Crippen LogP contribution is 2.32. The lowest BCUT2D eigenvalue weighted by atomic mass is 10.2. The second-order valence-electron chi connectivity index (χ2n) is 5.57. The fourth-order valence-electron chi connectivity index (χ4n) is 2.38. The molecule has 0 spiro atoms. The van der Waals surface area contributed by atoms with E-state index >= 15 is 0 Å². The summed E-state index contributed by atoms with van der Waals surface area (Å²) in [5.74, 6) is 1.26. The Labute approximate surface area is 141 Å². The van der Waals surface area contributed by atoms with Crippen LogP contribution in [0, 0.1) is 0 Å². The van der Waals surface area contributed by atoms with Crippen LogP contribution < -0.4 is 14.8 Å². The molecule has 0 bridgehead atoms. The second kappa shape index (κ2) is 9.12. The van der Waals surface area contributed by atoms with Gasteiger partial charge >= 0.3 is 0 Å². The first-order chi connectivity index (χ1) is 11.6. The van der Waals surface area contributed by atoms with Crippen molar-refractivity contribution >= 4 is 11.8 Å². The fraction of sp³-hybridized carbons (Fsp3) is 0.529. The number of nitrogens with zero attached hydrogens (tertiary/aromatic N) is 1. The van der Waals surface area contributed by atoms with Crippen LogP contribution in [0.1, 0.15) is 25.3 Å². The highest BCUT2D eigenvalue weighted by molar-refractivity contribution is 5.78. The molecule has 1 aliphatic heterocycles. The van der Waals surface area contributed by atoms with Gasteiger partial charge in [0.05, 0.1) is 0 Å². The van der Waals surface area contributed by atoms with Gasteiger partial charge in [-0.3, -0.25) is 9.59 Å². The van der Waals surface area contributed by atoms with Crippen LogP contribution in [0.5, 0.6) is 11.5 Å². The third kappa shape index (κ3) is 5.42. The van der Waals surface area contributed by atoms with Gasteiger partial charge in [0, 0.05) is 46.7 Å². The minimum atomic E-state index is -0.0696. The van der Waals surface area contributed by atoms with Crippen LogP contribution in [0.2, 0.25) is 0 Å². The monoisotopic (exact) mass is 336 g/mol. The molecule has 0 saturated carbocycles. The fourth-order valence-corrected chi connectivity index (χ4v) is 2.38. The number of hydrogen-bond acceptors (Lipinski definition) is 5. The summed E-state index contributed by atoms with van der Waals surface area (Å²) in [7, 11) is 1.63. The summed E-state index contributed by atoms with van der Waals surface area (Å²) >= 11 is 0. The Hall–Kier alpha value is -2.28. The molecule has 7 heteroatoms. The van der Waals surface area contributed by atoms with Crippen molar-refractivity contribution in [3.8, 4) is 11.5 Å². The first-order valence-electron chi connectivity index (χ1n) is 8.00. The molecule has 1 N–H and O–H groups in total. The van der Waals surface area contributed by atoms with Gasteiger partial charge in [-0.05, 0) is 24.1 Å². The molecule has 0 atom stereocenters. The zero-order valence-electron chi connectivity index (χ0n) is 14.2. The number of benzene rings is 1. The number of amides is 2. The van der Waals surface area contributed by atoms with Crippen LogP contribution in [0.3, 0.4) is 0 Å². The SMILES string of the molecule is COCCCNC(=O)CCN(Cc1ccc2c(c1)OCO2)C(C)=O. The van der Waals surface area contributed by atoms with E-state index in [2.05, 4.69) is 5.32 Å². The van der Waals surface area contributed by atoms with Gasteiger partial charge in [0.25, 0.3) is 0 Å². The van der Waals surface area contributed by atoms with Gasteiger partial charge in [0.2, 0.25) is 18.6 Å². The van der Waals surface area contributed by atoms with Crippen LogP contribution in [0.25, 0.3) is 0 Å². The average Bonchev–Trinajstić information content (AvgIpc) is 3.02. The molecule has 24 heavy (non-hydrogen) atoms. The van der Waals surface area contributed by atoms with Gasteiger partial charge in [0.1, 0.15) is 0 Å². The smallest absolute Gasteiger partial charge is 0.231 e. The first-order valence-corrected chi connectivity index (χ1v) is 8.00. The van der Waals surface area contributed by atoms with E-state index in [4.69, 9.17) is 14.2 Å². The van der Waals surface area contributed by atoms with E-state index in [0.29, 0.717) is 37.7 Å². The van der Waals surface area contributed by atoms with Crippen molar-refractivity contribution < 1.29 is 23.8 Å². The van der Waals surface area contributed by atoms with Crippen molar-refractivity contribution in [2.75, 3.05) is 33.6 Å². The predicted molar refractivity (Wildman–Crippen MR) is 87.8 cm³/mol. The van der Waals surface area contributed by atoms with E-state index in [-0.39, 0.29) is 25.0 Å². The molecule has 0 unspecified atom stereocenters. The quantitative estimate of drug-likeness (QED) is 0.688. The van der Waals surface area contributed by atoms with Crippen LogP contribution >= 0.6 is 0 Å². The van der Waals surface area contributed by atoms with E-state index in [1.807, 2.05) is 18.2 Å². The van der Waals surface area contributed by atoms with Crippen LogP contribution in [-0.4, -0.2) is 50.3 Å². The summed E-state index contributed by atoms with van der Waals surface area (Å²) in [6.07, 6.45) is 1.05. The van der Waals surface area contributed by atoms with Gasteiger partial charge in [0.15, 0.2) is 11.5 Å². The Balaban J connectivity index is 1.81. The Morgan fingerprint density at radius 3 is 2.83 bits per heavy atom. The summed E-state index contributed by atoms with van der Waals surface area (Å²) in [6.45, 7) is 3.73. The van der Waals surface area contributed by atoms with Gasteiger partial charge in [-0.15, -0.1) is 0 Å². The molecule has 1 aliphatic rings. The highest BCUT2D eigenvalue weighted by Gasteiger charge is 2.16. The second-order valence-corrected chi connectivity index (χ2v) is 5.57. The molecule has 1 heterocycles. The van der Waals surface area contributed by atoms with E-state index in [9.17, 15) is 9.59 Å². The molecule has 0 aliphatic carbocycles. The summed E-state index contributed by atoms with van der Waals surface area (Å²) in [4.78, 5) is 25.3. The maximum atomic E-state index is 11.8. The van der Waals surface area contributed by atoms with E-state index in [1.165, 1.54) is 6.92 Å². The third-order valence-electron chi connectivity index (χ3n) is 3.71. The molecule has 0 aromatic heterocycles. The Morgan fingerprint density at radius 2 is 2.08 bits per heavy atom. The molecule has 0 saturated heterocycles. The molecular weight excluding hydrogens is 312 g/mol. The molecule has 0 fully saturated rings. The van der Waals surface area contributed by atoms with E-state index in [1.54, 1.807) is 12.0 Å². The predicted octanol–water partition coefficient (Wildman–Crippen LogP) is 1.31. The number of nitrogens with one attached hydrogen (secondary N) is 1. The largest absolute Gasteiger partial charge is 0.454 e. The van der Waals surface area contributed by atoms with E-state index < -0.39 is 0 Å². The molecule has 1 aromatic carbocycles. The average molecular weight is 336 g/mol. The summed E-state index contributed by atoms with van der Waals surface area (Å²) < 4.78 is 15.5. The molecule has 2 amide bonds. The van der Waals surface area contributed by atoms with Crippen molar-refractivity contribution in [1.82, 2.24) is 10.2 Å². The van der Waals surface area contributed by atoms with Gasteiger partial charge < -0.3 is 24.4 Å². The van der Waals surface area contributed by atoms with E-state index in [0.717, 1.165) is 12.0 Å². The number of fused-ring (bicyclic) bond motifs is 1. The lowest BCUT2D eigenvalue weighted by molar-refractivity contribution is -0.130. The number of hydrogen-bond donors (Lipinski definition) is 1. The summed E-state index contributed by atoms with van der Waals surface area (Å²) in [5.41, 5.74) is 0.940. The number of ether oxygens (including phenoxy) is 3.